The number of hydrogen-bond donors (Lipinski definition) is 1. The van der Waals surface area contributed by atoms with Crippen molar-refractivity contribution in [3.8, 4) is 0 Å². The van der Waals surface area contributed by atoms with Gasteiger partial charge in [-0.3, -0.25) is 18.6 Å². The summed E-state index contributed by atoms with van der Waals surface area (Å²) in [5.74, 6) is -0.826. The molecular weight excluding hydrogens is 1040 g/mol. The molecule has 0 heterocycles. The molecule has 466 valence electrons. The van der Waals surface area contributed by atoms with Crippen LogP contribution in [0.2, 0.25) is 0 Å². The molecule has 9 nitrogen and oxygen atoms in total. The van der Waals surface area contributed by atoms with Crippen LogP contribution in [0, 0.1) is 0 Å². The number of esters is 2. The van der Waals surface area contributed by atoms with Crippen molar-refractivity contribution in [2.24, 2.45) is 0 Å². The number of hydrogen-bond acceptors (Lipinski definition) is 7. The third-order valence-corrected chi connectivity index (χ3v) is 14.3. The molecule has 0 saturated heterocycles. The zero-order valence-electron chi connectivity index (χ0n) is 52.9. The van der Waals surface area contributed by atoms with E-state index in [0.29, 0.717) is 17.4 Å². The third kappa shape index (κ3) is 65.0. The molecule has 0 bridgehead atoms. The van der Waals surface area contributed by atoms with Crippen LogP contribution in [-0.4, -0.2) is 74.9 Å². The number of carbonyl (C=O) groups excluding carboxylic acids is 2. The van der Waals surface area contributed by atoms with Gasteiger partial charge in [0, 0.05) is 12.8 Å². The highest BCUT2D eigenvalue weighted by Gasteiger charge is 2.27. The van der Waals surface area contributed by atoms with Crippen LogP contribution in [-0.2, 0) is 32.7 Å². The number of phosphoric acid groups is 1. The molecule has 82 heavy (non-hydrogen) atoms. The summed E-state index contributed by atoms with van der Waals surface area (Å²) < 4.78 is 34.6. The first kappa shape index (κ1) is 77.9. The van der Waals surface area contributed by atoms with Crippen molar-refractivity contribution in [2.45, 2.75) is 251 Å². The Morgan fingerprint density at radius 2 is 0.695 bits per heavy atom. The van der Waals surface area contributed by atoms with Crippen molar-refractivity contribution in [2.75, 3.05) is 47.5 Å². The van der Waals surface area contributed by atoms with E-state index in [9.17, 15) is 19.0 Å². The Morgan fingerprint density at radius 3 is 1.04 bits per heavy atom. The zero-order valence-corrected chi connectivity index (χ0v) is 53.8. The first-order chi connectivity index (χ1) is 40.0. The number of ether oxygens (including phenoxy) is 2. The predicted octanol–water partition coefficient (Wildman–Crippen LogP) is 21.0. The highest BCUT2D eigenvalue weighted by atomic mass is 31.2. The van der Waals surface area contributed by atoms with Crippen molar-refractivity contribution in [1.29, 1.82) is 0 Å². The maximum Gasteiger partial charge on any atom is 0.472 e. The van der Waals surface area contributed by atoms with Gasteiger partial charge in [0.25, 0.3) is 0 Å². The number of quaternary nitrogens is 1. The lowest BCUT2D eigenvalue weighted by atomic mass is 10.1. The van der Waals surface area contributed by atoms with Crippen LogP contribution in [0.15, 0.2) is 146 Å². The topological polar surface area (TPSA) is 108 Å². The van der Waals surface area contributed by atoms with Crippen molar-refractivity contribution >= 4 is 19.8 Å². The molecule has 0 aliphatic carbocycles. The second-order valence-electron chi connectivity index (χ2n) is 22.4. The number of rotatable bonds is 58. The standard InChI is InChI=1S/C72H120NO8P/c1-6-8-10-12-14-16-18-20-22-24-26-28-29-30-31-32-33-34-35-36-37-38-39-40-41-42-43-45-47-49-51-53-55-57-59-61-63-65-72(75)81-70(69-80-82(76,77)79-67-66-73(3,4)5)68-78-71(74)64-62-60-58-56-54-52-50-48-46-44-27-25-23-21-19-17-15-13-11-9-7-2/h8,10,14,16,19-22,25-28,30-31,33-34,36-37,39-40,42-43,46,48,70H,6-7,9,11-13,15,17-18,23-24,29,32,35,38,41,44-45,47,49-69H2,1-5H3/p+1/b10-8-,16-14-,21-19-,22-20-,27-25-,28-26-,31-30-,34-33-,37-36-,40-39-,43-42-,48-46-. The number of allylic oxidation sites excluding steroid dienone is 24. The van der Waals surface area contributed by atoms with E-state index >= 15 is 0 Å². The maximum atomic E-state index is 12.9. The summed E-state index contributed by atoms with van der Waals surface area (Å²) >= 11 is 0. The van der Waals surface area contributed by atoms with Gasteiger partial charge >= 0.3 is 19.8 Å². The van der Waals surface area contributed by atoms with Crippen molar-refractivity contribution in [3.05, 3.63) is 146 Å². The molecule has 0 fully saturated rings. The van der Waals surface area contributed by atoms with E-state index in [1.807, 2.05) is 21.1 Å². The van der Waals surface area contributed by atoms with Gasteiger partial charge in [-0.25, -0.2) is 4.57 Å². The van der Waals surface area contributed by atoms with Crippen LogP contribution in [0.25, 0.3) is 0 Å². The summed E-state index contributed by atoms with van der Waals surface area (Å²) in [6, 6.07) is 0. The number of nitrogens with zero attached hydrogens (tertiary/aromatic N) is 1. The Bertz CT molecular complexity index is 1890. The van der Waals surface area contributed by atoms with Gasteiger partial charge in [-0.05, 0) is 122 Å². The molecule has 2 unspecified atom stereocenters. The van der Waals surface area contributed by atoms with Crippen LogP contribution in [0.3, 0.4) is 0 Å². The Balaban J connectivity index is 4.17. The average molecular weight is 1160 g/mol. The quantitative estimate of drug-likeness (QED) is 0.0211. The fourth-order valence-corrected chi connectivity index (χ4v) is 9.11. The maximum absolute atomic E-state index is 12.9. The summed E-state index contributed by atoms with van der Waals surface area (Å²) in [4.78, 5) is 35.8. The lowest BCUT2D eigenvalue weighted by molar-refractivity contribution is -0.870. The van der Waals surface area contributed by atoms with Crippen molar-refractivity contribution in [1.82, 2.24) is 0 Å². The summed E-state index contributed by atoms with van der Waals surface area (Å²) in [7, 11) is 1.45. The molecule has 0 radical (unpaired) electrons. The largest absolute Gasteiger partial charge is 0.472 e. The van der Waals surface area contributed by atoms with E-state index < -0.39 is 26.5 Å². The summed E-state index contributed by atoms with van der Waals surface area (Å²) in [6.07, 6.45) is 90.7. The predicted molar refractivity (Wildman–Crippen MR) is 353 cm³/mol. The lowest BCUT2D eigenvalue weighted by Crippen LogP contribution is -2.37. The van der Waals surface area contributed by atoms with Gasteiger partial charge in [-0.2, -0.15) is 0 Å². The van der Waals surface area contributed by atoms with E-state index in [-0.39, 0.29) is 32.0 Å². The van der Waals surface area contributed by atoms with Crippen molar-refractivity contribution < 1.29 is 42.1 Å². The Hall–Kier alpha value is -4.11. The monoisotopic (exact) mass is 1160 g/mol. The van der Waals surface area contributed by atoms with E-state index in [1.54, 1.807) is 0 Å². The first-order valence-electron chi connectivity index (χ1n) is 32.6. The number of phosphoric ester groups is 1. The fraction of sp³-hybridized carbons (Fsp3) is 0.639. The van der Waals surface area contributed by atoms with Gasteiger partial charge in [0.1, 0.15) is 19.8 Å². The van der Waals surface area contributed by atoms with E-state index in [0.717, 1.165) is 128 Å². The number of unbranched alkanes of at least 4 members (excludes halogenated alkanes) is 20. The minimum atomic E-state index is -4.40. The van der Waals surface area contributed by atoms with Gasteiger partial charge in [-0.1, -0.05) is 256 Å². The van der Waals surface area contributed by atoms with E-state index in [4.69, 9.17) is 18.5 Å². The summed E-state index contributed by atoms with van der Waals surface area (Å²) in [5, 5.41) is 0. The molecule has 0 amide bonds. The fourth-order valence-electron chi connectivity index (χ4n) is 8.37. The van der Waals surface area contributed by atoms with Crippen LogP contribution in [0.1, 0.15) is 245 Å². The second-order valence-corrected chi connectivity index (χ2v) is 23.9. The summed E-state index contributed by atoms with van der Waals surface area (Å²) in [6.45, 7) is 4.28. The molecule has 0 aliphatic heterocycles. The molecule has 2 atom stereocenters. The van der Waals surface area contributed by atoms with Gasteiger partial charge in [0.05, 0.1) is 27.7 Å². The van der Waals surface area contributed by atoms with Crippen molar-refractivity contribution in [3.63, 3.8) is 0 Å². The van der Waals surface area contributed by atoms with Gasteiger partial charge in [0.15, 0.2) is 6.10 Å². The first-order valence-corrected chi connectivity index (χ1v) is 34.1. The lowest BCUT2D eigenvalue weighted by Gasteiger charge is -2.24. The normalized spacial score (nSPS) is 14.2. The molecule has 1 N–H and O–H groups in total. The SMILES string of the molecule is CC/C=C\C/C=C\C/C=C\C/C=C\C/C=C\C/C=C\C/C=C\C/C=C\C/C=C\CCCCCCCCCCCC(=O)OC(COC(=O)CCCCCCCC/C=C\C/C=C\C/C=C\CCCCCCC)COP(=O)(O)OCC[N+](C)(C)C. The highest BCUT2D eigenvalue weighted by molar-refractivity contribution is 7.47. The average Bonchev–Trinajstić information content (AvgIpc) is 3.46. The molecule has 0 aromatic carbocycles. The minimum Gasteiger partial charge on any atom is -0.462 e. The summed E-state index contributed by atoms with van der Waals surface area (Å²) in [5.41, 5.74) is 0. The number of likely N-dealkylation sites (N-methyl/N-ethyl adjacent to an activating group) is 1. The Labute approximate surface area is 503 Å². The Morgan fingerprint density at radius 1 is 0.390 bits per heavy atom. The van der Waals surface area contributed by atoms with Crippen LogP contribution in [0.5, 0.6) is 0 Å². The number of carbonyl (C=O) groups is 2. The van der Waals surface area contributed by atoms with Crippen LogP contribution < -0.4 is 0 Å². The molecule has 0 saturated carbocycles. The molecule has 0 aromatic heterocycles. The van der Waals surface area contributed by atoms with Gasteiger partial charge < -0.3 is 18.9 Å². The van der Waals surface area contributed by atoms with E-state index in [1.165, 1.54) is 83.5 Å². The molecule has 0 rings (SSSR count). The highest BCUT2D eigenvalue weighted by Crippen LogP contribution is 2.43. The zero-order chi connectivity index (χ0) is 59.8. The third-order valence-electron chi connectivity index (χ3n) is 13.4. The molecule has 0 aliphatic rings. The van der Waals surface area contributed by atoms with Gasteiger partial charge in [-0.15, -0.1) is 0 Å². The smallest absolute Gasteiger partial charge is 0.462 e. The molecule has 10 heteroatoms. The van der Waals surface area contributed by atoms with E-state index in [2.05, 4.69) is 160 Å². The molecule has 0 spiro atoms. The van der Waals surface area contributed by atoms with Crippen LogP contribution in [0.4, 0.5) is 0 Å². The Kier molecular flexibility index (Phi) is 58.4. The molecular formula is C72H121NO8P+. The second kappa shape index (κ2) is 61.5. The van der Waals surface area contributed by atoms with Crippen LogP contribution >= 0.6 is 7.82 Å². The minimum absolute atomic E-state index is 0.0207. The molecule has 0 aromatic rings. The van der Waals surface area contributed by atoms with Gasteiger partial charge in [0.2, 0.25) is 0 Å².